The number of hydrogen-bond donors (Lipinski definition) is 1. The maximum Gasteiger partial charge on any atom is 0.264 e. The summed E-state index contributed by atoms with van der Waals surface area (Å²) in [5.74, 6) is -0.899. The molecular weight excluding hydrogens is 569 g/mol. The Balaban J connectivity index is 2.08. The van der Waals surface area contributed by atoms with E-state index in [0.717, 1.165) is 15.4 Å². The lowest BCUT2D eigenvalue weighted by molar-refractivity contribution is -0.139. The first-order chi connectivity index (χ1) is 18.8. The van der Waals surface area contributed by atoms with Crippen LogP contribution in [0.1, 0.15) is 44.4 Å². The monoisotopic (exact) mass is 603 g/mol. The Kier molecular flexibility index (Phi) is 10.6. The summed E-state index contributed by atoms with van der Waals surface area (Å²) in [5, 5.41) is 3.51. The summed E-state index contributed by atoms with van der Waals surface area (Å²) >= 11 is 12.3. The number of amides is 2. The van der Waals surface area contributed by atoms with Crippen molar-refractivity contribution in [3.05, 3.63) is 93.5 Å². The van der Waals surface area contributed by atoms with E-state index >= 15 is 0 Å². The molecule has 7 nitrogen and oxygen atoms in total. The Morgan fingerprint density at radius 2 is 1.57 bits per heavy atom. The fourth-order valence-electron chi connectivity index (χ4n) is 4.23. The van der Waals surface area contributed by atoms with Crippen molar-refractivity contribution in [3.8, 4) is 0 Å². The normalized spacial score (nSPS) is 12.2. The summed E-state index contributed by atoms with van der Waals surface area (Å²) in [5.41, 5.74) is 2.74. The predicted octanol–water partition coefficient (Wildman–Crippen LogP) is 6.00. The van der Waals surface area contributed by atoms with E-state index < -0.39 is 28.5 Å². The van der Waals surface area contributed by atoms with E-state index in [-0.39, 0.29) is 23.4 Å². The van der Waals surface area contributed by atoms with Crippen molar-refractivity contribution >= 4 is 50.7 Å². The lowest BCUT2D eigenvalue weighted by atomic mass is 10.1. The number of benzene rings is 3. The fraction of sp³-hybridized carbons (Fsp3) is 0.333. The van der Waals surface area contributed by atoms with Crippen molar-refractivity contribution in [2.45, 2.75) is 64.6 Å². The number of anilines is 1. The fourth-order valence-corrected chi connectivity index (χ4v) is 6.00. The standard InChI is InChI=1S/C30H35Cl2N3O4S/c1-6-24-9-7-8-10-28(24)35(40(38,39)25-14-11-21(4)12-15-25)19-29(36)34(22(5)30(37)33-20(2)3)18-23-13-16-26(31)27(32)17-23/h7-17,20,22H,6,18-19H2,1-5H3,(H,33,37)/t22-/m1/s1. The molecular formula is C30H35Cl2N3O4S. The van der Waals surface area contributed by atoms with Gasteiger partial charge in [0.2, 0.25) is 11.8 Å². The van der Waals surface area contributed by atoms with E-state index in [1.807, 2.05) is 39.8 Å². The lowest BCUT2D eigenvalue weighted by Gasteiger charge is -2.33. The van der Waals surface area contributed by atoms with Gasteiger partial charge in [-0.3, -0.25) is 13.9 Å². The first-order valence-electron chi connectivity index (χ1n) is 13.1. The SMILES string of the molecule is CCc1ccccc1N(CC(=O)N(Cc1ccc(Cl)c(Cl)c1)[C@H](C)C(=O)NC(C)C)S(=O)(=O)c1ccc(C)cc1. The highest BCUT2D eigenvalue weighted by Crippen LogP contribution is 2.29. The van der Waals surface area contributed by atoms with Crippen LogP contribution in [0.15, 0.2) is 71.6 Å². The zero-order valence-corrected chi connectivity index (χ0v) is 25.6. The van der Waals surface area contributed by atoms with Crippen LogP contribution in [0.2, 0.25) is 10.0 Å². The van der Waals surface area contributed by atoms with Crippen LogP contribution in [0.3, 0.4) is 0 Å². The lowest BCUT2D eigenvalue weighted by Crippen LogP contribution is -2.52. The van der Waals surface area contributed by atoms with Crippen LogP contribution in [-0.2, 0) is 32.6 Å². The average Bonchev–Trinajstić information content (AvgIpc) is 2.91. The molecule has 0 saturated heterocycles. The summed E-state index contributed by atoms with van der Waals surface area (Å²) < 4.78 is 29.1. The maximum atomic E-state index is 14.0. The van der Waals surface area contributed by atoms with E-state index in [4.69, 9.17) is 23.2 Å². The first-order valence-corrected chi connectivity index (χ1v) is 15.3. The molecule has 0 unspecified atom stereocenters. The molecule has 0 radical (unpaired) electrons. The van der Waals surface area contributed by atoms with E-state index in [1.165, 1.54) is 17.0 Å². The number of hydrogen-bond acceptors (Lipinski definition) is 4. The van der Waals surface area contributed by atoms with Crippen LogP contribution in [0.25, 0.3) is 0 Å². The summed E-state index contributed by atoms with van der Waals surface area (Å²) in [4.78, 5) is 28.5. The highest BCUT2D eigenvalue weighted by atomic mass is 35.5. The van der Waals surface area contributed by atoms with Gasteiger partial charge in [0.1, 0.15) is 12.6 Å². The smallest absolute Gasteiger partial charge is 0.264 e. The van der Waals surface area contributed by atoms with Gasteiger partial charge < -0.3 is 10.2 Å². The van der Waals surface area contributed by atoms with Gasteiger partial charge in [-0.25, -0.2) is 8.42 Å². The Morgan fingerprint density at radius 3 is 2.17 bits per heavy atom. The number of aryl methyl sites for hydroxylation is 2. The Hall–Kier alpha value is -3.07. The molecule has 1 atom stereocenters. The van der Waals surface area contributed by atoms with E-state index in [1.54, 1.807) is 49.4 Å². The zero-order chi connectivity index (χ0) is 29.6. The number of carbonyl (C=O) groups excluding carboxylic acids is 2. The van der Waals surface area contributed by atoms with Gasteiger partial charge in [-0.15, -0.1) is 0 Å². The van der Waals surface area contributed by atoms with Crippen LogP contribution < -0.4 is 9.62 Å². The molecule has 0 heterocycles. The molecule has 0 aliphatic carbocycles. The Morgan fingerprint density at radius 1 is 0.925 bits per heavy atom. The van der Waals surface area contributed by atoms with Crippen molar-refractivity contribution in [3.63, 3.8) is 0 Å². The number of sulfonamides is 1. The number of para-hydroxylation sites is 1. The van der Waals surface area contributed by atoms with Gasteiger partial charge in [0.15, 0.2) is 0 Å². The van der Waals surface area contributed by atoms with Gasteiger partial charge in [-0.1, -0.05) is 72.1 Å². The predicted molar refractivity (Wildman–Crippen MR) is 161 cm³/mol. The van der Waals surface area contributed by atoms with Crippen molar-refractivity contribution in [1.29, 1.82) is 0 Å². The van der Waals surface area contributed by atoms with Gasteiger partial charge in [0, 0.05) is 12.6 Å². The number of nitrogens with zero attached hydrogens (tertiary/aromatic N) is 2. The first kappa shape index (κ1) is 31.5. The molecule has 1 N–H and O–H groups in total. The molecule has 10 heteroatoms. The Labute approximate surface area is 247 Å². The summed E-state index contributed by atoms with van der Waals surface area (Å²) in [6, 6.07) is 17.5. The zero-order valence-electron chi connectivity index (χ0n) is 23.3. The molecule has 2 amide bonds. The van der Waals surface area contributed by atoms with Crippen LogP contribution >= 0.6 is 23.2 Å². The minimum atomic E-state index is -4.14. The van der Waals surface area contributed by atoms with Gasteiger partial charge in [0.25, 0.3) is 10.0 Å². The molecule has 0 aliphatic rings. The van der Waals surface area contributed by atoms with E-state index in [9.17, 15) is 18.0 Å². The van der Waals surface area contributed by atoms with E-state index in [2.05, 4.69) is 5.32 Å². The third-order valence-electron chi connectivity index (χ3n) is 6.46. The molecule has 0 aromatic heterocycles. The summed E-state index contributed by atoms with van der Waals surface area (Å²) in [6.45, 7) is 8.58. The Bertz CT molecular complexity index is 1460. The molecule has 3 aromatic carbocycles. The molecule has 0 saturated carbocycles. The molecule has 0 aliphatic heterocycles. The van der Waals surface area contributed by atoms with Crippen LogP contribution in [0.4, 0.5) is 5.69 Å². The van der Waals surface area contributed by atoms with E-state index in [0.29, 0.717) is 27.7 Å². The molecule has 0 spiro atoms. The van der Waals surface area contributed by atoms with Crippen LogP contribution in [0, 0.1) is 6.92 Å². The molecule has 3 rings (SSSR count). The molecule has 0 bridgehead atoms. The van der Waals surface area contributed by atoms with Crippen molar-refractivity contribution in [1.82, 2.24) is 10.2 Å². The van der Waals surface area contributed by atoms with Crippen molar-refractivity contribution in [2.75, 3.05) is 10.8 Å². The maximum absolute atomic E-state index is 14.0. The highest BCUT2D eigenvalue weighted by Gasteiger charge is 2.33. The van der Waals surface area contributed by atoms with Crippen LogP contribution in [0.5, 0.6) is 0 Å². The largest absolute Gasteiger partial charge is 0.352 e. The highest BCUT2D eigenvalue weighted by molar-refractivity contribution is 7.92. The number of nitrogens with one attached hydrogen (secondary N) is 1. The third-order valence-corrected chi connectivity index (χ3v) is 8.98. The number of halogens is 2. The summed E-state index contributed by atoms with van der Waals surface area (Å²) in [6.07, 6.45) is 0.560. The average molecular weight is 605 g/mol. The number of carbonyl (C=O) groups is 2. The van der Waals surface area contributed by atoms with Crippen molar-refractivity contribution in [2.24, 2.45) is 0 Å². The van der Waals surface area contributed by atoms with Gasteiger partial charge in [-0.2, -0.15) is 0 Å². The van der Waals surface area contributed by atoms with Gasteiger partial charge >= 0.3 is 0 Å². The summed E-state index contributed by atoms with van der Waals surface area (Å²) in [7, 11) is -4.14. The molecule has 3 aromatic rings. The molecule has 40 heavy (non-hydrogen) atoms. The second-order valence-electron chi connectivity index (χ2n) is 9.92. The second kappa shape index (κ2) is 13.5. The third kappa shape index (κ3) is 7.56. The number of rotatable bonds is 11. The van der Waals surface area contributed by atoms with Gasteiger partial charge in [-0.05, 0) is 75.6 Å². The second-order valence-corrected chi connectivity index (χ2v) is 12.6. The quantitative estimate of drug-likeness (QED) is 0.291. The van der Waals surface area contributed by atoms with Crippen molar-refractivity contribution < 1.29 is 18.0 Å². The molecule has 214 valence electrons. The van der Waals surface area contributed by atoms with Crippen LogP contribution in [-0.4, -0.2) is 43.8 Å². The minimum Gasteiger partial charge on any atom is -0.352 e. The topological polar surface area (TPSA) is 86.8 Å². The minimum absolute atomic E-state index is 0.0241. The molecule has 0 fully saturated rings. The van der Waals surface area contributed by atoms with Gasteiger partial charge in [0.05, 0.1) is 20.6 Å².